The Hall–Kier alpha value is -2.15. The van der Waals surface area contributed by atoms with Crippen molar-refractivity contribution in [3.05, 3.63) is 12.2 Å². The van der Waals surface area contributed by atoms with Gasteiger partial charge in [-0.3, -0.25) is 0 Å². The van der Waals surface area contributed by atoms with Crippen molar-refractivity contribution in [2.75, 3.05) is 54.2 Å². The summed E-state index contributed by atoms with van der Waals surface area (Å²) >= 11 is 0. The summed E-state index contributed by atoms with van der Waals surface area (Å²) in [6.45, 7) is 6.23. The molecule has 0 heterocycles. The molecule has 0 aromatic carbocycles. The summed E-state index contributed by atoms with van der Waals surface area (Å²) in [7, 11) is 2.00. The van der Waals surface area contributed by atoms with Crippen LogP contribution in [-0.2, 0) is 32.3 Å². The van der Waals surface area contributed by atoms with Gasteiger partial charge in [0.05, 0.1) is 6.61 Å². The molecule has 0 aromatic rings. The first-order valence-corrected chi connectivity index (χ1v) is 12.5. The minimum absolute atomic E-state index is 0.00940. The van der Waals surface area contributed by atoms with Crippen LogP contribution < -0.4 is 10.6 Å². The number of amides is 2. The van der Waals surface area contributed by atoms with Gasteiger partial charge in [0.25, 0.3) is 0 Å². The monoisotopic (exact) mass is 478 g/mol. The van der Waals surface area contributed by atoms with Crippen LogP contribution in [0.2, 0.25) is 6.04 Å². The van der Waals surface area contributed by atoms with Crippen LogP contribution in [0.25, 0.3) is 0 Å². The Morgan fingerprint density at radius 1 is 0.719 bits per heavy atom. The molecule has 0 fully saturated rings. The van der Waals surface area contributed by atoms with Gasteiger partial charge in [0.2, 0.25) is 0 Å². The van der Waals surface area contributed by atoms with E-state index in [9.17, 15) is 14.4 Å². The summed E-state index contributed by atoms with van der Waals surface area (Å²) in [5.74, 6) is -0.513. The van der Waals surface area contributed by atoms with E-state index in [1.165, 1.54) is 0 Å². The van der Waals surface area contributed by atoms with Crippen LogP contribution in [0.5, 0.6) is 0 Å². The molecular formula is C20H38N2O9Si. The van der Waals surface area contributed by atoms with E-state index in [0.717, 1.165) is 25.7 Å². The van der Waals surface area contributed by atoms with Gasteiger partial charge in [-0.2, -0.15) is 0 Å². The van der Waals surface area contributed by atoms with Gasteiger partial charge in [-0.1, -0.05) is 19.4 Å². The highest BCUT2D eigenvalue weighted by molar-refractivity contribution is 6.60. The second-order valence-electron chi connectivity index (χ2n) is 6.85. The highest BCUT2D eigenvalue weighted by Crippen LogP contribution is 2.14. The molecule has 2 amide bonds. The van der Waals surface area contributed by atoms with E-state index in [0.29, 0.717) is 31.1 Å². The fraction of sp³-hybridized carbons (Fsp3) is 0.750. The third-order valence-corrected chi connectivity index (χ3v) is 7.17. The first-order chi connectivity index (χ1) is 15.3. The molecule has 0 rings (SSSR count). The predicted molar refractivity (Wildman–Crippen MR) is 119 cm³/mol. The quantitative estimate of drug-likeness (QED) is 0.100. The van der Waals surface area contributed by atoms with E-state index < -0.39 is 27.0 Å². The Morgan fingerprint density at radius 2 is 1.19 bits per heavy atom. The number of nitrogens with one attached hydrogen (secondary N) is 2. The van der Waals surface area contributed by atoms with Crippen LogP contribution in [0.4, 0.5) is 9.59 Å². The average Bonchev–Trinajstić information content (AvgIpc) is 2.78. The smallest absolute Gasteiger partial charge is 0.459 e. The number of unbranched alkanes of at least 4 members (excludes halogenated alkanes) is 3. The van der Waals surface area contributed by atoms with Crippen molar-refractivity contribution in [3.8, 4) is 0 Å². The van der Waals surface area contributed by atoms with Crippen LogP contribution in [-0.4, -0.2) is 81.2 Å². The second kappa shape index (κ2) is 18.4. The number of carbonyl (C=O) groups is 3. The Balaban J connectivity index is 3.54. The van der Waals surface area contributed by atoms with Crippen molar-refractivity contribution in [2.24, 2.45) is 0 Å². The molecule has 0 aliphatic heterocycles. The molecule has 2 N–H and O–H groups in total. The molecule has 0 unspecified atom stereocenters. The lowest BCUT2D eigenvalue weighted by atomic mass is 10.2. The van der Waals surface area contributed by atoms with Crippen molar-refractivity contribution in [3.63, 3.8) is 0 Å². The molecule has 0 saturated carbocycles. The molecule has 32 heavy (non-hydrogen) atoms. The normalized spacial score (nSPS) is 10.9. The van der Waals surface area contributed by atoms with Gasteiger partial charge < -0.3 is 38.1 Å². The Morgan fingerprint density at radius 3 is 1.66 bits per heavy atom. The zero-order valence-corrected chi connectivity index (χ0v) is 20.7. The number of ether oxygens (including phenoxy) is 3. The maximum atomic E-state index is 11.7. The first kappa shape index (κ1) is 29.8. The van der Waals surface area contributed by atoms with Crippen LogP contribution >= 0.6 is 0 Å². The molecule has 186 valence electrons. The summed E-state index contributed by atoms with van der Waals surface area (Å²) in [4.78, 5) is 34.3. The van der Waals surface area contributed by atoms with Gasteiger partial charge in [-0.15, -0.1) is 0 Å². The fourth-order valence-electron chi connectivity index (χ4n) is 2.49. The van der Waals surface area contributed by atoms with Crippen LogP contribution in [0.3, 0.4) is 0 Å². The number of hydrogen-bond donors (Lipinski definition) is 2. The molecule has 12 heteroatoms. The lowest BCUT2D eigenvalue weighted by Crippen LogP contribution is -2.42. The fourth-order valence-corrected chi connectivity index (χ4v) is 4.18. The van der Waals surface area contributed by atoms with Crippen molar-refractivity contribution in [1.82, 2.24) is 10.6 Å². The van der Waals surface area contributed by atoms with E-state index >= 15 is 0 Å². The summed E-state index contributed by atoms with van der Waals surface area (Å²) in [5, 5.41) is 5.32. The Labute approximate surface area is 191 Å². The maximum Gasteiger partial charge on any atom is 0.500 e. The number of hydrogen-bond acceptors (Lipinski definition) is 9. The summed E-state index contributed by atoms with van der Waals surface area (Å²) in [6, 6.07) is 0.563. The zero-order valence-electron chi connectivity index (χ0n) is 19.7. The number of esters is 1. The molecule has 11 nitrogen and oxygen atoms in total. The SMILES string of the molecule is C=C(C)C(=O)OCCOC(=O)NCCCCCCNC(=O)OCCC[Si](OC)(OC)OC. The predicted octanol–water partition coefficient (Wildman–Crippen LogP) is 2.39. The van der Waals surface area contributed by atoms with E-state index in [1.54, 1.807) is 28.3 Å². The number of alkyl carbamates (subject to hydrolysis) is 2. The largest absolute Gasteiger partial charge is 0.500 e. The van der Waals surface area contributed by atoms with Gasteiger partial charge in [0.15, 0.2) is 0 Å². The molecule has 0 aliphatic rings. The number of rotatable bonds is 18. The maximum absolute atomic E-state index is 11.7. The molecule has 0 saturated heterocycles. The number of carbonyl (C=O) groups excluding carboxylic acids is 3. The second-order valence-corrected chi connectivity index (χ2v) is 9.95. The summed E-state index contributed by atoms with van der Waals surface area (Å²) in [5.41, 5.74) is 0.293. The van der Waals surface area contributed by atoms with E-state index in [1.807, 2.05) is 0 Å². The van der Waals surface area contributed by atoms with Crippen LogP contribution in [0, 0.1) is 0 Å². The van der Waals surface area contributed by atoms with Gasteiger partial charge >= 0.3 is 27.0 Å². The Kier molecular flexibility index (Phi) is 17.2. The lowest BCUT2D eigenvalue weighted by Gasteiger charge is -2.24. The van der Waals surface area contributed by atoms with Crippen molar-refractivity contribution >= 4 is 27.0 Å². The molecule has 0 radical (unpaired) electrons. The van der Waals surface area contributed by atoms with E-state index in [-0.39, 0.29) is 19.8 Å². The topological polar surface area (TPSA) is 131 Å². The Bertz CT molecular complexity index is 563. The van der Waals surface area contributed by atoms with Crippen LogP contribution in [0.15, 0.2) is 12.2 Å². The highest BCUT2D eigenvalue weighted by Gasteiger charge is 2.36. The summed E-state index contributed by atoms with van der Waals surface area (Å²) in [6.07, 6.45) is 2.96. The van der Waals surface area contributed by atoms with Gasteiger partial charge in [0, 0.05) is 46.0 Å². The van der Waals surface area contributed by atoms with E-state index in [4.69, 9.17) is 27.5 Å². The van der Waals surface area contributed by atoms with Crippen molar-refractivity contribution < 1.29 is 41.9 Å². The molecule has 0 aliphatic carbocycles. The van der Waals surface area contributed by atoms with Gasteiger partial charge in [0.1, 0.15) is 13.2 Å². The van der Waals surface area contributed by atoms with Gasteiger partial charge in [-0.25, -0.2) is 14.4 Å². The van der Waals surface area contributed by atoms with Gasteiger partial charge in [-0.05, 0) is 26.2 Å². The standard InChI is InChI=1S/C20H38N2O9Si/c1-17(2)18(23)29-14-15-31-20(25)22-12-9-7-6-8-11-21-19(24)30-13-10-16-32(26-3,27-4)28-5/h1,6-16H2,2-5H3,(H,21,24)(H,22,25). The molecule has 0 atom stereocenters. The van der Waals surface area contributed by atoms with Crippen molar-refractivity contribution in [2.45, 2.75) is 45.1 Å². The minimum Gasteiger partial charge on any atom is -0.459 e. The highest BCUT2D eigenvalue weighted by atomic mass is 28.4. The zero-order chi connectivity index (χ0) is 24.2. The molecule has 0 bridgehead atoms. The average molecular weight is 479 g/mol. The molecular weight excluding hydrogens is 440 g/mol. The first-order valence-electron chi connectivity index (χ1n) is 10.6. The molecule has 0 aromatic heterocycles. The third-order valence-electron chi connectivity index (χ3n) is 4.33. The molecule has 0 spiro atoms. The van der Waals surface area contributed by atoms with Crippen molar-refractivity contribution in [1.29, 1.82) is 0 Å². The van der Waals surface area contributed by atoms with Crippen LogP contribution in [0.1, 0.15) is 39.0 Å². The summed E-state index contributed by atoms with van der Waals surface area (Å²) < 4.78 is 30.7. The van der Waals surface area contributed by atoms with E-state index in [2.05, 4.69) is 17.2 Å². The lowest BCUT2D eigenvalue weighted by molar-refractivity contribution is -0.139. The minimum atomic E-state index is -2.63. The third kappa shape index (κ3) is 14.8.